The number of carbonyl (C=O) groups excluding carboxylic acids is 1. The number of aliphatic hydroxyl groups is 1. The molecule has 15 heavy (non-hydrogen) atoms. The molecule has 1 atom stereocenters. The van der Waals surface area contributed by atoms with Gasteiger partial charge in [0.05, 0.1) is 7.11 Å². The van der Waals surface area contributed by atoms with E-state index >= 15 is 0 Å². The molecule has 0 amide bonds. The van der Waals surface area contributed by atoms with Gasteiger partial charge < -0.3 is 9.84 Å². The van der Waals surface area contributed by atoms with E-state index in [-0.39, 0.29) is 0 Å². The molecule has 0 saturated carbocycles. The van der Waals surface area contributed by atoms with Gasteiger partial charge in [-0.05, 0) is 23.9 Å². The van der Waals surface area contributed by atoms with Crippen LogP contribution >= 0.6 is 11.3 Å². The first-order chi connectivity index (χ1) is 6.91. The fraction of sp³-hybridized carbons (Fsp3) is 0.545. The molecule has 0 aromatic carbocycles. The van der Waals surface area contributed by atoms with Crippen LogP contribution in [0, 0.1) is 6.92 Å². The normalized spacial score (nSPS) is 13.7. The molecule has 0 aliphatic carbocycles. The molecule has 1 aromatic heterocycles. The number of ether oxygens (including phenoxy) is 1. The predicted molar refractivity (Wildman–Crippen MR) is 60.1 cm³/mol. The van der Waals surface area contributed by atoms with E-state index in [4.69, 9.17) is 0 Å². The number of esters is 1. The van der Waals surface area contributed by atoms with Gasteiger partial charge in [-0.1, -0.05) is 13.8 Å². The van der Waals surface area contributed by atoms with Crippen molar-refractivity contribution in [1.82, 2.24) is 0 Å². The van der Waals surface area contributed by atoms with Crippen LogP contribution in [0.4, 0.5) is 0 Å². The second-order valence-electron chi connectivity index (χ2n) is 4.08. The van der Waals surface area contributed by atoms with Gasteiger partial charge in [0.1, 0.15) is 0 Å². The lowest BCUT2D eigenvalue weighted by Crippen LogP contribution is -2.40. The highest BCUT2D eigenvalue weighted by Crippen LogP contribution is 2.34. The number of methoxy groups -OCH3 is 1. The lowest BCUT2D eigenvalue weighted by molar-refractivity contribution is -0.153. The Bertz CT molecular complexity index is 354. The van der Waals surface area contributed by atoms with Gasteiger partial charge in [0, 0.05) is 10.3 Å². The van der Waals surface area contributed by atoms with Crippen molar-refractivity contribution in [2.75, 3.05) is 7.11 Å². The summed E-state index contributed by atoms with van der Waals surface area (Å²) in [5.74, 6) is -0.590. The smallest absolute Gasteiger partial charge is 0.335 e. The third-order valence-electron chi connectivity index (χ3n) is 2.56. The van der Waals surface area contributed by atoms with Crippen molar-refractivity contribution in [1.29, 1.82) is 0 Å². The summed E-state index contributed by atoms with van der Waals surface area (Å²) in [4.78, 5) is 12.3. The molecule has 4 heteroatoms. The molecule has 0 bridgehead atoms. The molecule has 3 nitrogen and oxygen atoms in total. The highest BCUT2D eigenvalue weighted by atomic mass is 32.1. The average molecular weight is 228 g/mol. The van der Waals surface area contributed by atoms with E-state index in [0.717, 1.165) is 10.4 Å². The zero-order valence-corrected chi connectivity index (χ0v) is 10.2. The lowest BCUT2D eigenvalue weighted by Gasteiger charge is -2.28. The molecule has 0 aliphatic rings. The minimum atomic E-state index is -1.13. The van der Waals surface area contributed by atoms with Crippen LogP contribution in [0.1, 0.15) is 24.3 Å². The average Bonchev–Trinajstić information content (AvgIpc) is 2.62. The Balaban J connectivity index is 3.02. The van der Waals surface area contributed by atoms with Crippen LogP contribution in [0.15, 0.2) is 11.4 Å². The highest BCUT2D eigenvalue weighted by molar-refractivity contribution is 7.10. The minimum Gasteiger partial charge on any atom is -0.467 e. The topological polar surface area (TPSA) is 46.5 Å². The van der Waals surface area contributed by atoms with E-state index in [9.17, 15) is 9.90 Å². The van der Waals surface area contributed by atoms with E-state index in [0.29, 0.717) is 0 Å². The first-order valence-electron chi connectivity index (χ1n) is 4.71. The number of rotatable bonds is 3. The van der Waals surface area contributed by atoms with E-state index in [1.807, 2.05) is 32.2 Å². The summed E-state index contributed by atoms with van der Waals surface area (Å²) in [5, 5.41) is 11.8. The van der Waals surface area contributed by atoms with E-state index < -0.39 is 17.5 Å². The summed E-state index contributed by atoms with van der Waals surface area (Å²) in [6.45, 7) is 5.65. The van der Waals surface area contributed by atoms with Crippen LogP contribution < -0.4 is 0 Å². The lowest BCUT2D eigenvalue weighted by atomic mass is 9.83. The number of carbonyl (C=O) groups is 1. The van der Waals surface area contributed by atoms with Gasteiger partial charge in [-0.25, -0.2) is 4.79 Å². The van der Waals surface area contributed by atoms with Gasteiger partial charge in [-0.2, -0.15) is 0 Å². The molecule has 0 fully saturated rings. The monoisotopic (exact) mass is 228 g/mol. The van der Waals surface area contributed by atoms with Crippen molar-refractivity contribution >= 4 is 17.3 Å². The van der Waals surface area contributed by atoms with Crippen LogP contribution in [-0.4, -0.2) is 24.3 Å². The molecule has 0 spiro atoms. The fourth-order valence-corrected chi connectivity index (χ4v) is 2.64. The van der Waals surface area contributed by atoms with Crippen molar-refractivity contribution in [3.63, 3.8) is 0 Å². The number of aliphatic hydroxyl groups excluding tert-OH is 1. The molecule has 0 radical (unpaired) electrons. The van der Waals surface area contributed by atoms with Gasteiger partial charge in [0.25, 0.3) is 0 Å². The molecule has 1 N–H and O–H groups in total. The van der Waals surface area contributed by atoms with E-state index in [1.165, 1.54) is 7.11 Å². The zero-order chi connectivity index (χ0) is 11.6. The maximum atomic E-state index is 11.3. The Morgan fingerprint density at radius 2 is 2.20 bits per heavy atom. The van der Waals surface area contributed by atoms with Crippen molar-refractivity contribution in [2.24, 2.45) is 0 Å². The Kier molecular flexibility index (Phi) is 3.52. The standard InChI is InChI=1S/C11H16O3S/c1-7-5-6-15-9(7)11(2,3)8(12)10(13)14-4/h5-6,8,12H,1-4H3. The number of thiophene rings is 1. The largest absolute Gasteiger partial charge is 0.467 e. The first-order valence-corrected chi connectivity index (χ1v) is 5.59. The third-order valence-corrected chi connectivity index (χ3v) is 3.91. The molecule has 1 aromatic rings. The Morgan fingerprint density at radius 3 is 2.60 bits per heavy atom. The van der Waals surface area contributed by atoms with Crippen LogP contribution in [0.5, 0.6) is 0 Å². The van der Waals surface area contributed by atoms with Crippen LogP contribution in [-0.2, 0) is 14.9 Å². The van der Waals surface area contributed by atoms with Gasteiger partial charge in [0.2, 0.25) is 0 Å². The predicted octanol–water partition coefficient (Wildman–Crippen LogP) is 1.87. The molecule has 1 rings (SSSR count). The second kappa shape index (κ2) is 4.33. The maximum absolute atomic E-state index is 11.3. The summed E-state index contributed by atoms with van der Waals surface area (Å²) < 4.78 is 4.55. The second-order valence-corrected chi connectivity index (χ2v) is 5.00. The van der Waals surface area contributed by atoms with Crippen LogP contribution in [0.2, 0.25) is 0 Å². The SMILES string of the molecule is COC(=O)C(O)C(C)(C)c1sccc1C. The number of hydrogen-bond donors (Lipinski definition) is 1. The van der Waals surface area contributed by atoms with E-state index in [1.54, 1.807) is 11.3 Å². The van der Waals surface area contributed by atoms with Crippen LogP contribution in [0.3, 0.4) is 0 Å². The minimum absolute atomic E-state index is 0.590. The summed E-state index contributed by atoms with van der Waals surface area (Å²) >= 11 is 1.54. The van der Waals surface area contributed by atoms with E-state index in [2.05, 4.69) is 4.74 Å². The zero-order valence-electron chi connectivity index (χ0n) is 9.40. The van der Waals surface area contributed by atoms with Gasteiger partial charge in [-0.3, -0.25) is 0 Å². The first kappa shape index (κ1) is 12.2. The number of hydrogen-bond acceptors (Lipinski definition) is 4. The molecule has 1 unspecified atom stereocenters. The van der Waals surface area contributed by atoms with Gasteiger partial charge in [0.15, 0.2) is 6.10 Å². The molecule has 0 saturated heterocycles. The molecular formula is C11H16O3S. The summed E-state index contributed by atoms with van der Waals surface area (Å²) in [7, 11) is 1.28. The summed E-state index contributed by atoms with van der Waals surface area (Å²) in [6.07, 6.45) is -1.13. The van der Waals surface area contributed by atoms with Crippen molar-refractivity contribution < 1.29 is 14.6 Å². The van der Waals surface area contributed by atoms with Gasteiger partial charge >= 0.3 is 5.97 Å². The Labute approximate surface area is 93.7 Å². The Hall–Kier alpha value is -0.870. The molecule has 1 heterocycles. The summed E-state index contributed by atoms with van der Waals surface area (Å²) in [5.41, 5.74) is 0.485. The molecule has 0 aliphatic heterocycles. The van der Waals surface area contributed by atoms with Crippen molar-refractivity contribution in [2.45, 2.75) is 32.3 Å². The van der Waals surface area contributed by atoms with Gasteiger partial charge in [-0.15, -0.1) is 11.3 Å². The van der Waals surface area contributed by atoms with Crippen LogP contribution in [0.25, 0.3) is 0 Å². The summed E-state index contributed by atoms with van der Waals surface area (Å²) in [6, 6.07) is 1.98. The Morgan fingerprint density at radius 1 is 1.60 bits per heavy atom. The fourth-order valence-electron chi connectivity index (χ4n) is 1.56. The maximum Gasteiger partial charge on any atom is 0.335 e. The van der Waals surface area contributed by atoms with Crippen molar-refractivity contribution in [3.8, 4) is 0 Å². The molecule has 84 valence electrons. The highest BCUT2D eigenvalue weighted by Gasteiger charge is 2.37. The third kappa shape index (κ3) is 2.21. The van der Waals surface area contributed by atoms with Crippen molar-refractivity contribution in [3.05, 3.63) is 21.9 Å². The quantitative estimate of drug-likeness (QED) is 0.803. The number of aryl methyl sites for hydroxylation is 1. The molecular weight excluding hydrogens is 212 g/mol.